The highest BCUT2D eigenvalue weighted by molar-refractivity contribution is 7.99. The fourth-order valence-electron chi connectivity index (χ4n) is 1.05. The number of aryl methyl sites for hydroxylation is 1. The smallest absolute Gasteiger partial charge is 0.0449 e. The van der Waals surface area contributed by atoms with Crippen LogP contribution in [0.2, 0.25) is 5.02 Å². The summed E-state index contributed by atoms with van der Waals surface area (Å²) in [6, 6.07) is 6.18. The van der Waals surface area contributed by atoms with Gasteiger partial charge in [0.05, 0.1) is 0 Å². The molecule has 78 valence electrons. The van der Waals surface area contributed by atoms with E-state index >= 15 is 0 Å². The lowest BCUT2D eigenvalue weighted by molar-refractivity contribution is 1.12. The van der Waals surface area contributed by atoms with Crippen molar-refractivity contribution in [2.24, 2.45) is 0 Å². The zero-order chi connectivity index (χ0) is 10.6. The Balaban J connectivity index is 2.59. The van der Waals surface area contributed by atoms with Crippen LogP contribution >= 0.6 is 35.0 Å². The molecule has 14 heavy (non-hydrogen) atoms. The molecule has 0 aliphatic rings. The Morgan fingerprint density at radius 1 is 1.43 bits per heavy atom. The van der Waals surface area contributed by atoms with Crippen LogP contribution in [0.15, 0.2) is 18.2 Å². The molecule has 0 saturated heterocycles. The molecule has 0 amide bonds. The van der Waals surface area contributed by atoms with E-state index in [1.165, 1.54) is 11.1 Å². The predicted octanol–water partition coefficient (Wildman–Crippen LogP) is 4.51. The van der Waals surface area contributed by atoms with Gasteiger partial charge in [-0.25, -0.2) is 0 Å². The summed E-state index contributed by atoms with van der Waals surface area (Å²) in [6.07, 6.45) is 0. The fourth-order valence-corrected chi connectivity index (χ4v) is 2.50. The van der Waals surface area contributed by atoms with E-state index in [-0.39, 0.29) is 0 Å². The summed E-state index contributed by atoms with van der Waals surface area (Å²) in [5.74, 6) is 1.63. The second-order valence-electron chi connectivity index (χ2n) is 3.37. The van der Waals surface area contributed by atoms with E-state index in [0.717, 1.165) is 10.8 Å². The monoisotopic (exact) mass is 248 g/mol. The van der Waals surface area contributed by atoms with Gasteiger partial charge in [-0.1, -0.05) is 30.7 Å². The number of benzene rings is 1. The third-order valence-electron chi connectivity index (χ3n) is 1.95. The highest BCUT2D eigenvalue weighted by Gasteiger charge is 2.04. The van der Waals surface area contributed by atoms with Gasteiger partial charge >= 0.3 is 0 Å². The molecule has 1 unspecified atom stereocenters. The molecule has 0 aliphatic heterocycles. The minimum absolute atomic E-state index is 0.481. The van der Waals surface area contributed by atoms with Crippen molar-refractivity contribution in [2.75, 3.05) is 5.88 Å². The Kier molecular flexibility index (Phi) is 5.14. The van der Waals surface area contributed by atoms with Crippen LogP contribution in [0, 0.1) is 6.92 Å². The van der Waals surface area contributed by atoms with E-state index in [2.05, 4.69) is 19.1 Å². The highest BCUT2D eigenvalue weighted by Crippen LogP contribution is 2.24. The van der Waals surface area contributed by atoms with Gasteiger partial charge in [0.2, 0.25) is 0 Å². The van der Waals surface area contributed by atoms with Gasteiger partial charge in [0.25, 0.3) is 0 Å². The van der Waals surface area contributed by atoms with E-state index in [1.807, 2.05) is 24.8 Å². The highest BCUT2D eigenvalue weighted by atomic mass is 35.5. The lowest BCUT2D eigenvalue weighted by Gasteiger charge is -2.08. The van der Waals surface area contributed by atoms with E-state index in [1.54, 1.807) is 0 Å². The largest absolute Gasteiger partial charge is 0.153 e. The van der Waals surface area contributed by atoms with Crippen LogP contribution in [0.3, 0.4) is 0 Å². The van der Waals surface area contributed by atoms with Crippen molar-refractivity contribution in [2.45, 2.75) is 24.9 Å². The zero-order valence-corrected chi connectivity index (χ0v) is 10.7. The maximum absolute atomic E-state index is 6.11. The molecular formula is C11H14Cl2S. The third kappa shape index (κ3) is 3.72. The quantitative estimate of drug-likeness (QED) is 0.707. The second kappa shape index (κ2) is 5.89. The average molecular weight is 249 g/mol. The molecule has 0 aliphatic carbocycles. The van der Waals surface area contributed by atoms with Crippen molar-refractivity contribution in [3.63, 3.8) is 0 Å². The normalized spacial score (nSPS) is 12.9. The standard InChI is InChI=1S/C11H14Cl2S/c1-8-3-4-10(11(13)5-8)7-14-9(2)6-12/h3-5,9H,6-7H2,1-2H3. The lowest BCUT2D eigenvalue weighted by atomic mass is 10.2. The van der Waals surface area contributed by atoms with Crippen molar-refractivity contribution in [3.8, 4) is 0 Å². The minimum Gasteiger partial charge on any atom is -0.153 e. The van der Waals surface area contributed by atoms with Crippen molar-refractivity contribution >= 4 is 35.0 Å². The van der Waals surface area contributed by atoms with E-state index < -0.39 is 0 Å². The van der Waals surface area contributed by atoms with Crippen LogP contribution in [-0.2, 0) is 5.75 Å². The molecule has 0 aromatic heterocycles. The first-order chi connectivity index (χ1) is 6.63. The molecule has 0 N–H and O–H groups in total. The van der Waals surface area contributed by atoms with E-state index in [9.17, 15) is 0 Å². The van der Waals surface area contributed by atoms with Crippen LogP contribution in [0.25, 0.3) is 0 Å². The first kappa shape index (κ1) is 12.2. The van der Waals surface area contributed by atoms with E-state index in [4.69, 9.17) is 23.2 Å². The minimum atomic E-state index is 0.481. The van der Waals surface area contributed by atoms with E-state index in [0.29, 0.717) is 11.1 Å². The summed E-state index contributed by atoms with van der Waals surface area (Å²) in [4.78, 5) is 0. The van der Waals surface area contributed by atoms with Crippen molar-refractivity contribution in [3.05, 3.63) is 34.3 Å². The van der Waals surface area contributed by atoms with Gasteiger partial charge in [-0.15, -0.1) is 11.6 Å². The Bertz CT molecular complexity index is 299. The lowest BCUT2D eigenvalue weighted by Crippen LogP contribution is -1.98. The molecule has 0 nitrogen and oxygen atoms in total. The van der Waals surface area contributed by atoms with Crippen LogP contribution in [0.4, 0.5) is 0 Å². The maximum Gasteiger partial charge on any atom is 0.0449 e. The third-order valence-corrected chi connectivity index (χ3v) is 4.16. The summed E-state index contributed by atoms with van der Waals surface area (Å²) < 4.78 is 0. The van der Waals surface area contributed by atoms with Crippen molar-refractivity contribution in [1.29, 1.82) is 0 Å². The molecule has 1 atom stereocenters. The van der Waals surface area contributed by atoms with Gasteiger partial charge in [0.15, 0.2) is 0 Å². The summed E-state index contributed by atoms with van der Waals surface area (Å²) >= 11 is 13.7. The van der Waals surface area contributed by atoms with Gasteiger partial charge in [-0.2, -0.15) is 11.8 Å². The molecule has 0 spiro atoms. The summed E-state index contributed by atoms with van der Waals surface area (Å²) in [7, 11) is 0. The van der Waals surface area contributed by atoms with Crippen molar-refractivity contribution < 1.29 is 0 Å². The molecule has 0 radical (unpaired) electrons. The first-order valence-electron chi connectivity index (χ1n) is 4.56. The first-order valence-corrected chi connectivity index (χ1v) is 6.52. The molecule has 0 saturated carbocycles. The number of thioether (sulfide) groups is 1. The topological polar surface area (TPSA) is 0 Å². The van der Waals surface area contributed by atoms with Gasteiger partial charge in [-0.05, 0) is 24.1 Å². The Morgan fingerprint density at radius 3 is 2.71 bits per heavy atom. The average Bonchev–Trinajstić information content (AvgIpc) is 2.16. The van der Waals surface area contributed by atoms with Crippen LogP contribution in [-0.4, -0.2) is 11.1 Å². The van der Waals surface area contributed by atoms with Gasteiger partial charge in [0, 0.05) is 21.9 Å². The number of alkyl halides is 1. The number of hydrogen-bond donors (Lipinski definition) is 0. The Morgan fingerprint density at radius 2 is 2.14 bits per heavy atom. The van der Waals surface area contributed by atoms with Gasteiger partial charge in [0.1, 0.15) is 0 Å². The summed E-state index contributed by atoms with van der Waals surface area (Å²) in [5.41, 5.74) is 2.40. The molecule has 1 aromatic rings. The van der Waals surface area contributed by atoms with Crippen LogP contribution in [0.1, 0.15) is 18.1 Å². The number of rotatable bonds is 4. The van der Waals surface area contributed by atoms with Gasteiger partial charge in [-0.3, -0.25) is 0 Å². The zero-order valence-electron chi connectivity index (χ0n) is 8.39. The molecule has 0 bridgehead atoms. The maximum atomic E-state index is 6.11. The Labute approximate surface area is 100.0 Å². The van der Waals surface area contributed by atoms with Gasteiger partial charge < -0.3 is 0 Å². The SMILES string of the molecule is Cc1ccc(CSC(C)CCl)c(Cl)c1. The van der Waals surface area contributed by atoms with Crippen LogP contribution < -0.4 is 0 Å². The Hall–Kier alpha value is 0.150. The predicted molar refractivity (Wildman–Crippen MR) is 67.7 cm³/mol. The summed E-state index contributed by atoms with van der Waals surface area (Å²) in [5, 5.41) is 1.34. The molecule has 3 heteroatoms. The number of hydrogen-bond acceptors (Lipinski definition) is 1. The molecule has 1 aromatic carbocycles. The van der Waals surface area contributed by atoms with Crippen LogP contribution in [0.5, 0.6) is 0 Å². The molecule has 0 heterocycles. The second-order valence-corrected chi connectivity index (χ2v) is 5.51. The fraction of sp³-hybridized carbons (Fsp3) is 0.455. The molecule has 1 rings (SSSR count). The van der Waals surface area contributed by atoms with Crippen molar-refractivity contribution in [1.82, 2.24) is 0 Å². The molecule has 0 fully saturated rings. The molecular weight excluding hydrogens is 235 g/mol. The summed E-state index contributed by atoms with van der Waals surface area (Å²) in [6.45, 7) is 4.17. The number of halogens is 2.